The number of fused-ring (bicyclic) bond motifs is 2. The molecule has 1 saturated heterocycles. The third-order valence-electron chi connectivity index (χ3n) is 6.67. The van der Waals surface area contributed by atoms with Crippen molar-refractivity contribution in [3.05, 3.63) is 53.3 Å². The highest BCUT2D eigenvalue weighted by Gasteiger charge is 2.48. The topological polar surface area (TPSA) is 97.2 Å². The van der Waals surface area contributed by atoms with E-state index in [1.165, 1.54) is 6.92 Å². The number of pyridine rings is 1. The molecule has 1 saturated carbocycles. The predicted octanol–water partition coefficient (Wildman–Crippen LogP) is 3.70. The highest BCUT2D eigenvalue weighted by atomic mass is 35.5. The molecule has 1 aliphatic heterocycles. The Labute approximate surface area is 195 Å². The maximum Gasteiger partial charge on any atom is 0.248 e. The van der Waals surface area contributed by atoms with E-state index in [1.807, 2.05) is 24.3 Å². The summed E-state index contributed by atoms with van der Waals surface area (Å²) in [6, 6.07) is 11.9. The summed E-state index contributed by atoms with van der Waals surface area (Å²) in [5.74, 6) is 0.0789. The number of carbonyl (C=O) groups is 3. The second-order valence-electron chi connectivity index (χ2n) is 8.73. The van der Waals surface area contributed by atoms with E-state index in [0.717, 1.165) is 30.2 Å². The minimum Gasteiger partial charge on any atom is -0.326 e. The lowest BCUT2D eigenvalue weighted by atomic mass is 10.0. The first kappa shape index (κ1) is 21.6. The molecule has 170 valence electrons. The molecule has 3 atom stereocenters. The number of rotatable bonds is 5. The molecule has 0 radical (unpaired) electrons. The zero-order valence-electron chi connectivity index (χ0n) is 18.2. The van der Waals surface area contributed by atoms with E-state index in [4.69, 9.17) is 11.6 Å². The van der Waals surface area contributed by atoms with Crippen LogP contribution in [0.5, 0.6) is 0 Å². The fourth-order valence-electron chi connectivity index (χ4n) is 5.29. The average molecular weight is 466 g/mol. The number of nitrogens with one attached hydrogen (secondary N) is 1. The summed E-state index contributed by atoms with van der Waals surface area (Å²) in [4.78, 5) is 44.7. The molecule has 2 fully saturated rings. The third-order valence-corrected chi connectivity index (χ3v) is 6.88. The molecule has 3 heterocycles. The second kappa shape index (κ2) is 8.59. The van der Waals surface area contributed by atoms with Crippen LogP contribution in [0.25, 0.3) is 10.9 Å². The Hall–Kier alpha value is -3.26. The van der Waals surface area contributed by atoms with Gasteiger partial charge in [-0.3, -0.25) is 19.1 Å². The Kier molecular flexibility index (Phi) is 5.62. The highest BCUT2D eigenvalue weighted by molar-refractivity contribution is 6.29. The Morgan fingerprint density at radius 3 is 2.73 bits per heavy atom. The molecule has 0 spiro atoms. The number of para-hydroxylation sites is 1. The Morgan fingerprint density at radius 2 is 1.94 bits per heavy atom. The molecule has 2 aliphatic rings. The van der Waals surface area contributed by atoms with Crippen molar-refractivity contribution < 1.29 is 14.4 Å². The van der Waals surface area contributed by atoms with Crippen LogP contribution in [0.3, 0.4) is 0 Å². The van der Waals surface area contributed by atoms with Gasteiger partial charge in [-0.2, -0.15) is 5.10 Å². The minimum atomic E-state index is -0.581. The molecule has 2 aromatic heterocycles. The van der Waals surface area contributed by atoms with Crippen molar-refractivity contribution in [2.75, 3.05) is 5.32 Å². The fourth-order valence-corrected chi connectivity index (χ4v) is 5.45. The predicted molar refractivity (Wildman–Crippen MR) is 124 cm³/mol. The Balaban J connectivity index is 1.42. The van der Waals surface area contributed by atoms with Crippen LogP contribution in [-0.2, 0) is 16.1 Å². The fraction of sp³-hybridized carbons (Fsp3) is 0.375. The lowest BCUT2D eigenvalue weighted by molar-refractivity contribution is -0.139. The molecule has 1 N–H and O–H groups in total. The van der Waals surface area contributed by atoms with Gasteiger partial charge in [-0.15, -0.1) is 0 Å². The van der Waals surface area contributed by atoms with Crippen LogP contribution in [0.2, 0.25) is 5.15 Å². The van der Waals surface area contributed by atoms with Crippen LogP contribution in [-0.4, -0.2) is 49.3 Å². The van der Waals surface area contributed by atoms with Gasteiger partial charge in [0, 0.05) is 18.4 Å². The summed E-state index contributed by atoms with van der Waals surface area (Å²) in [6.07, 6.45) is 3.56. The number of likely N-dealkylation sites (tertiary alicyclic amines) is 1. The van der Waals surface area contributed by atoms with E-state index in [2.05, 4.69) is 15.4 Å². The molecule has 0 bridgehead atoms. The van der Waals surface area contributed by atoms with Gasteiger partial charge >= 0.3 is 0 Å². The van der Waals surface area contributed by atoms with Gasteiger partial charge in [0.25, 0.3) is 0 Å². The van der Waals surface area contributed by atoms with E-state index >= 15 is 0 Å². The zero-order valence-corrected chi connectivity index (χ0v) is 19.0. The van der Waals surface area contributed by atoms with E-state index in [1.54, 1.807) is 27.8 Å². The molecular weight excluding hydrogens is 442 g/mol. The van der Waals surface area contributed by atoms with Gasteiger partial charge in [-0.1, -0.05) is 42.3 Å². The minimum absolute atomic E-state index is 0.0315. The lowest BCUT2D eigenvalue weighted by Crippen LogP contribution is -2.48. The number of hydrogen-bond acceptors (Lipinski definition) is 5. The first-order valence-corrected chi connectivity index (χ1v) is 11.5. The number of benzene rings is 1. The number of ketones is 1. The highest BCUT2D eigenvalue weighted by Crippen LogP contribution is 2.41. The van der Waals surface area contributed by atoms with Crippen molar-refractivity contribution in [2.45, 2.75) is 51.2 Å². The molecule has 5 rings (SSSR count). The molecule has 3 unspecified atom stereocenters. The number of halogens is 1. The van der Waals surface area contributed by atoms with Gasteiger partial charge in [0.2, 0.25) is 11.8 Å². The number of hydrogen-bond donors (Lipinski definition) is 1. The van der Waals surface area contributed by atoms with Crippen LogP contribution in [0.15, 0.2) is 42.5 Å². The molecule has 33 heavy (non-hydrogen) atoms. The Bertz CT molecular complexity index is 1260. The smallest absolute Gasteiger partial charge is 0.248 e. The second-order valence-corrected chi connectivity index (χ2v) is 9.11. The average Bonchev–Trinajstić information content (AvgIpc) is 3.47. The maximum atomic E-state index is 13.6. The van der Waals surface area contributed by atoms with Crippen LogP contribution in [0.1, 0.15) is 43.1 Å². The van der Waals surface area contributed by atoms with Crippen molar-refractivity contribution in [1.82, 2.24) is 19.7 Å². The molecular formula is C24H24ClN5O3. The van der Waals surface area contributed by atoms with Gasteiger partial charge in [0.05, 0.1) is 5.52 Å². The molecule has 8 nitrogen and oxygen atoms in total. The Morgan fingerprint density at radius 1 is 1.12 bits per heavy atom. The van der Waals surface area contributed by atoms with Crippen LogP contribution in [0.4, 0.5) is 5.82 Å². The van der Waals surface area contributed by atoms with Gasteiger partial charge in [-0.25, -0.2) is 4.98 Å². The number of Topliss-reactive ketones (excluding diaryl/α,β-unsaturated/α-hetero) is 1. The van der Waals surface area contributed by atoms with Gasteiger partial charge in [0.1, 0.15) is 29.3 Å². The first-order valence-electron chi connectivity index (χ1n) is 11.1. The normalized spacial score (nSPS) is 21.9. The van der Waals surface area contributed by atoms with E-state index in [0.29, 0.717) is 23.9 Å². The van der Waals surface area contributed by atoms with Crippen molar-refractivity contribution in [3.63, 3.8) is 0 Å². The molecule has 3 aromatic rings. The van der Waals surface area contributed by atoms with E-state index < -0.39 is 6.04 Å². The van der Waals surface area contributed by atoms with Gasteiger partial charge < -0.3 is 10.2 Å². The number of nitrogens with zero attached hydrogens (tertiary/aromatic N) is 4. The summed E-state index contributed by atoms with van der Waals surface area (Å²) in [5.41, 5.74) is 1.07. The first-order chi connectivity index (χ1) is 15.9. The standard InChI is InChI=1S/C24H24ClN5O3/c1-14(31)23-16-7-2-3-8-18(16)29(28-23)13-22(32)30-17-9-4-6-15(17)12-19(30)24(33)27-21-11-5-10-20(25)26-21/h2-3,5,7-8,10-11,15,17,19H,4,6,9,12-13H2,1H3,(H,26,27,33). The van der Waals surface area contributed by atoms with Crippen LogP contribution in [0, 0.1) is 5.92 Å². The van der Waals surface area contributed by atoms with Crippen LogP contribution >= 0.6 is 11.6 Å². The van der Waals surface area contributed by atoms with Crippen molar-refractivity contribution in [3.8, 4) is 0 Å². The van der Waals surface area contributed by atoms with E-state index in [9.17, 15) is 14.4 Å². The number of amides is 2. The lowest BCUT2D eigenvalue weighted by Gasteiger charge is -2.29. The SMILES string of the molecule is CC(=O)c1nn(CC(=O)N2C(C(=O)Nc3cccc(Cl)n3)CC3CCCC32)c2ccccc12. The van der Waals surface area contributed by atoms with Crippen molar-refractivity contribution in [1.29, 1.82) is 0 Å². The monoisotopic (exact) mass is 465 g/mol. The van der Waals surface area contributed by atoms with Gasteiger partial charge in [0.15, 0.2) is 5.78 Å². The van der Waals surface area contributed by atoms with Crippen molar-refractivity contribution in [2.24, 2.45) is 5.92 Å². The van der Waals surface area contributed by atoms with Gasteiger partial charge in [-0.05, 0) is 43.4 Å². The summed E-state index contributed by atoms with van der Waals surface area (Å²) >= 11 is 5.95. The van der Waals surface area contributed by atoms with E-state index in [-0.39, 0.29) is 35.3 Å². The summed E-state index contributed by atoms with van der Waals surface area (Å²) in [6.45, 7) is 1.44. The van der Waals surface area contributed by atoms with Crippen LogP contribution < -0.4 is 5.32 Å². The maximum absolute atomic E-state index is 13.6. The molecule has 2 amide bonds. The van der Waals surface area contributed by atoms with Crippen molar-refractivity contribution >= 4 is 45.9 Å². The number of carbonyl (C=O) groups excluding carboxylic acids is 3. The largest absolute Gasteiger partial charge is 0.326 e. The molecule has 9 heteroatoms. The quantitative estimate of drug-likeness (QED) is 0.457. The number of anilines is 1. The number of aromatic nitrogens is 3. The summed E-state index contributed by atoms with van der Waals surface area (Å²) in [7, 11) is 0. The third kappa shape index (κ3) is 3.99. The molecule has 1 aromatic carbocycles. The summed E-state index contributed by atoms with van der Waals surface area (Å²) < 4.78 is 1.57. The summed E-state index contributed by atoms with van der Waals surface area (Å²) in [5, 5.41) is 8.25. The molecule has 1 aliphatic carbocycles. The zero-order chi connectivity index (χ0) is 23.1.